The molecule has 1 atom stereocenters. The Hall–Kier alpha value is -1.84. The number of hydrogen-bond acceptors (Lipinski definition) is 2. The Morgan fingerprint density at radius 2 is 1.95 bits per heavy atom. The van der Waals surface area contributed by atoms with Gasteiger partial charge in [0, 0.05) is 17.6 Å². The van der Waals surface area contributed by atoms with E-state index in [-0.39, 0.29) is 6.04 Å². The monoisotopic (exact) mass is 289 g/mol. The first-order chi connectivity index (χ1) is 9.56. The first-order valence-corrected chi connectivity index (χ1v) is 6.75. The number of aromatic carboxylic acids is 1. The number of benzene rings is 2. The van der Waals surface area contributed by atoms with Gasteiger partial charge in [0.2, 0.25) is 0 Å². The topological polar surface area (TPSA) is 49.3 Å². The van der Waals surface area contributed by atoms with E-state index in [1.54, 1.807) is 12.1 Å². The average Bonchev–Trinajstić information content (AvgIpc) is 2.45. The lowest BCUT2D eigenvalue weighted by molar-refractivity contribution is 0.0697. The summed E-state index contributed by atoms with van der Waals surface area (Å²) in [7, 11) is 0. The van der Waals surface area contributed by atoms with E-state index in [1.807, 2.05) is 36.4 Å². The maximum atomic E-state index is 10.8. The number of halogens is 1. The fourth-order valence-corrected chi connectivity index (χ4v) is 2.13. The van der Waals surface area contributed by atoms with E-state index >= 15 is 0 Å². The second kappa shape index (κ2) is 6.55. The van der Waals surface area contributed by atoms with Crippen LogP contribution in [0, 0.1) is 0 Å². The van der Waals surface area contributed by atoms with Crippen molar-refractivity contribution >= 4 is 17.6 Å². The van der Waals surface area contributed by atoms with Gasteiger partial charge in [-0.05, 0) is 42.3 Å². The molecule has 0 bridgehead atoms. The molecule has 0 heterocycles. The number of nitrogens with one attached hydrogen (secondary N) is 1. The van der Waals surface area contributed by atoms with E-state index in [0.717, 1.165) is 16.1 Å². The predicted molar refractivity (Wildman–Crippen MR) is 80.1 cm³/mol. The third-order valence-electron chi connectivity index (χ3n) is 3.16. The summed E-state index contributed by atoms with van der Waals surface area (Å²) >= 11 is 5.97. The molecule has 0 aliphatic heterocycles. The molecule has 2 aromatic carbocycles. The van der Waals surface area contributed by atoms with Gasteiger partial charge in [-0.25, -0.2) is 4.79 Å². The predicted octanol–water partition coefficient (Wildman–Crippen LogP) is 3.89. The molecule has 2 N–H and O–H groups in total. The zero-order chi connectivity index (χ0) is 14.5. The number of carboxylic acids is 1. The Bertz CT molecular complexity index is 596. The summed E-state index contributed by atoms with van der Waals surface area (Å²) in [6, 6.07) is 14.8. The lowest BCUT2D eigenvalue weighted by Gasteiger charge is -2.14. The molecular weight excluding hydrogens is 274 g/mol. The molecular formula is C16H16ClNO2. The first kappa shape index (κ1) is 14.6. The zero-order valence-corrected chi connectivity index (χ0v) is 11.9. The van der Waals surface area contributed by atoms with E-state index in [4.69, 9.17) is 16.7 Å². The Labute approximate surface area is 123 Å². The van der Waals surface area contributed by atoms with Gasteiger partial charge in [-0.3, -0.25) is 0 Å². The molecule has 0 saturated carbocycles. The summed E-state index contributed by atoms with van der Waals surface area (Å²) < 4.78 is 0. The lowest BCUT2D eigenvalue weighted by Crippen LogP contribution is -2.18. The van der Waals surface area contributed by atoms with Gasteiger partial charge < -0.3 is 10.4 Å². The molecule has 20 heavy (non-hydrogen) atoms. The van der Waals surface area contributed by atoms with Crippen molar-refractivity contribution in [1.82, 2.24) is 5.32 Å². The third kappa shape index (κ3) is 3.83. The van der Waals surface area contributed by atoms with E-state index in [2.05, 4.69) is 12.2 Å². The van der Waals surface area contributed by atoms with Crippen molar-refractivity contribution in [2.24, 2.45) is 0 Å². The molecule has 0 spiro atoms. The molecule has 0 fully saturated rings. The SMILES string of the molecule is CC(NCc1ccc(C(=O)O)cc1)c1cccc(Cl)c1. The highest BCUT2D eigenvalue weighted by molar-refractivity contribution is 6.30. The summed E-state index contributed by atoms with van der Waals surface area (Å²) in [4.78, 5) is 10.8. The molecule has 2 aromatic rings. The number of carbonyl (C=O) groups is 1. The van der Waals surface area contributed by atoms with Crippen molar-refractivity contribution in [1.29, 1.82) is 0 Å². The van der Waals surface area contributed by atoms with Crippen molar-refractivity contribution in [3.63, 3.8) is 0 Å². The molecule has 0 aliphatic carbocycles. The smallest absolute Gasteiger partial charge is 0.335 e. The molecule has 4 heteroatoms. The third-order valence-corrected chi connectivity index (χ3v) is 3.40. The van der Waals surface area contributed by atoms with Crippen molar-refractivity contribution in [2.75, 3.05) is 0 Å². The number of carboxylic acid groups (broad SMARTS) is 1. The minimum atomic E-state index is -0.906. The highest BCUT2D eigenvalue weighted by atomic mass is 35.5. The fraction of sp³-hybridized carbons (Fsp3) is 0.188. The van der Waals surface area contributed by atoms with Crippen molar-refractivity contribution in [2.45, 2.75) is 19.5 Å². The van der Waals surface area contributed by atoms with Crippen LogP contribution in [0.2, 0.25) is 5.02 Å². The summed E-state index contributed by atoms with van der Waals surface area (Å²) in [5.41, 5.74) is 2.47. The van der Waals surface area contributed by atoms with E-state index < -0.39 is 5.97 Å². The van der Waals surface area contributed by atoms with Gasteiger partial charge in [0.25, 0.3) is 0 Å². The van der Waals surface area contributed by atoms with Crippen LogP contribution in [-0.4, -0.2) is 11.1 Å². The fourth-order valence-electron chi connectivity index (χ4n) is 1.93. The highest BCUT2D eigenvalue weighted by Gasteiger charge is 2.06. The Kier molecular flexibility index (Phi) is 4.77. The van der Waals surface area contributed by atoms with Crippen LogP contribution < -0.4 is 5.32 Å². The van der Waals surface area contributed by atoms with Crippen molar-refractivity contribution in [3.8, 4) is 0 Å². The molecule has 3 nitrogen and oxygen atoms in total. The van der Waals surface area contributed by atoms with Gasteiger partial charge in [0.1, 0.15) is 0 Å². The maximum absolute atomic E-state index is 10.8. The van der Waals surface area contributed by atoms with Crippen LogP contribution in [0.1, 0.15) is 34.5 Å². The van der Waals surface area contributed by atoms with Gasteiger partial charge >= 0.3 is 5.97 Å². The lowest BCUT2D eigenvalue weighted by atomic mass is 10.1. The minimum absolute atomic E-state index is 0.174. The van der Waals surface area contributed by atoms with Crippen LogP contribution in [0.5, 0.6) is 0 Å². The quantitative estimate of drug-likeness (QED) is 0.878. The van der Waals surface area contributed by atoms with Gasteiger partial charge in [-0.1, -0.05) is 35.9 Å². The van der Waals surface area contributed by atoms with E-state index in [0.29, 0.717) is 12.1 Å². The van der Waals surface area contributed by atoms with E-state index in [1.165, 1.54) is 0 Å². The molecule has 0 radical (unpaired) electrons. The standard InChI is InChI=1S/C16H16ClNO2/c1-11(14-3-2-4-15(17)9-14)18-10-12-5-7-13(8-6-12)16(19)20/h2-9,11,18H,10H2,1H3,(H,19,20). The van der Waals surface area contributed by atoms with Crippen LogP contribution in [0.15, 0.2) is 48.5 Å². The van der Waals surface area contributed by atoms with E-state index in [9.17, 15) is 4.79 Å². The zero-order valence-electron chi connectivity index (χ0n) is 11.1. The first-order valence-electron chi connectivity index (χ1n) is 6.37. The maximum Gasteiger partial charge on any atom is 0.335 e. The van der Waals surface area contributed by atoms with Crippen LogP contribution in [0.4, 0.5) is 0 Å². The molecule has 0 amide bonds. The largest absolute Gasteiger partial charge is 0.478 e. The van der Waals surface area contributed by atoms with Gasteiger partial charge in [-0.2, -0.15) is 0 Å². The summed E-state index contributed by atoms with van der Waals surface area (Å²) in [5.74, 6) is -0.906. The van der Waals surface area contributed by atoms with Crippen LogP contribution >= 0.6 is 11.6 Å². The van der Waals surface area contributed by atoms with Gasteiger partial charge in [-0.15, -0.1) is 0 Å². The Balaban J connectivity index is 1.96. The van der Waals surface area contributed by atoms with Gasteiger partial charge in [0.05, 0.1) is 5.56 Å². The number of rotatable bonds is 5. The van der Waals surface area contributed by atoms with Crippen molar-refractivity contribution in [3.05, 3.63) is 70.2 Å². The summed E-state index contributed by atoms with van der Waals surface area (Å²) in [6.45, 7) is 2.74. The second-order valence-corrected chi connectivity index (χ2v) is 5.10. The van der Waals surface area contributed by atoms with Crippen molar-refractivity contribution < 1.29 is 9.90 Å². The molecule has 2 rings (SSSR count). The minimum Gasteiger partial charge on any atom is -0.478 e. The molecule has 104 valence electrons. The molecule has 0 aromatic heterocycles. The second-order valence-electron chi connectivity index (χ2n) is 4.66. The van der Waals surface area contributed by atoms with Crippen LogP contribution in [0.3, 0.4) is 0 Å². The molecule has 0 saturated heterocycles. The normalized spacial score (nSPS) is 12.1. The Morgan fingerprint density at radius 3 is 2.55 bits per heavy atom. The van der Waals surface area contributed by atoms with Gasteiger partial charge in [0.15, 0.2) is 0 Å². The summed E-state index contributed by atoms with van der Waals surface area (Å²) in [6.07, 6.45) is 0. The Morgan fingerprint density at radius 1 is 1.25 bits per heavy atom. The number of hydrogen-bond donors (Lipinski definition) is 2. The highest BCUT2D eigenvalue weighted by Crippen LogP contribution is 2.17. The molecule has 1 unspecified atom stereocenters. The van der Waals surface area contributed by atoms with Crippen LogP contribution in [0.25, 0.3) is 0 Å². The molecule has 0 aliphatic rings. The summed E-state index contributed by atoms with van der Waals surface area (Å²) in [5, 5.41) is 12.9. The van der Waals surface area contributed by atoms with Crippen LogP contribution in [-0.2, 0) is 6.54 Å². The average molecular weight is 290 g/mol.